The van der Waals surface area contributed by atoms with Crippen LogP contribution in [-0.4, -0.2) is 30.4 Å². The molecule has 188 valence electrons. The van der Waals surface area contributed by atoms with E-state index in [1.807, 2.05) is 38.1 Å². The molecule has 1 aliphatic rings. The van der Waals surface area contributed by atoms with Crippen LogP contribution in [0.3, 0.4) is 0 Å². The molecule has 9 heteroatoms. The topological polar surface area (TPSA) is 79.1 Å². The number of benzene rings is 2. The van der Waals surface area contributed by atoms with E-state index >= 15 is 0 Å². The van der Waals surface area contributed by atoms with E-state index in [1.165, 1.54) is 11.3 Å². The molecule has 0 saturated heterocycles. The molecular formula is C27H27ClN2O5S. The molecule has 3 aromatic rings. The van der Waals surface area contributed by atoms with E-state index in [0.717, 1.165) is 5.56 Å². The zero-order chi connectivity index (χ0) is 25.8. The van der Waals surface area contributed by atoms with Gasteiger partial charge in [0.1, 0.15) is 0 Å². The Labute approximate surface area is 217 Å². The van der Waals surface area contributed by atoms with Crippen molar-refractivity contribution >= 4 is 35.0 Å². The number of hydrogen-bond acceptors (Lipinski definition) is 7. The molecule has 0 amide bonds. The molecule has 0 radical (unpaired) electrons. The van der Waals surface area contributed by atoms with Crippen molar-refractivity contribution in [2.45, 2.75) is 33.7 Å². The second kappa shape index (κ2) is 11.1. The van der Waals surface area contributed by atoms with Gasteiger partial charge >= 0.3 is 5.97 Å². The van der Waals surface area contributed by atoms with Crippen molar-refractivity contribution in [3.8, 4) is 11.5 Å². The molecule has 0 saturated carbocycles. The zero-order valence-corrected chi connectivity index (χ0v) is 22.1. The van der Waals surface area contributed by atoms with Crippen LogP contribution in [-0.2, 0) is 9.53 Å². The molecule has 0 aliphatic carbocycles. The lowest BCUT2D eigenvalue weighted by molar-refractivity contribution is -0.139. The maximum absolute atomic E-state index is 13.7. The summed E-state index contributed by atoms with van der Waals surface area (Å²) in [4.78, 5) is 31.9. The number of thiazole rings is 1. The third kappa shape index (κ3) is 5.10. The highest BCUT2D eigenvalue weighted by atomic mass is 35.5. The minimum absolute atomic E-state index is 0.203. The Morgan fingerprint density at radius 2 is 1.83 bits per heavy atom. The Balaban J connectivity index is 1.95. The van der Waals surface area contributed by atoms with Gasteiger partial charge in [0.25, 0.3) is 5.56 Å². The summed E-state index contributed by atoms with van der Waals surface area (Å²) in [5.41, 5.74) is 2.04. The number of carbonyl (C=O) groups is 1. The van der Waals surface area contributed by atoms with Crippen molar-refractivity contribution < 1.29 is 19.0 Å². The average Bonchev–Trinajstić information content (AvgIpc) is 3.14. The number of aromatic nitrogens is 1. The molecule has 0 N–H and O–H groups in total. The molecule has 0 spiro atoms. The van der Waals surface area contributed by atoms with Gasteiger partial charge in [0.05, 0.1) is 41.7 Å². The molecular weight excluding hydrogens is 500 g/mol. The maximum atomic E-state index is 13.7. The molecule has 0 bridgehead atoms. The number of nitrogens with zero attached hydrogens (tertiary/aromatic N) is 2. The smallest absolute Gasteiger partial charge is 0.338 e. The van der Waals surface area contributed by atoms with Crippen LogP contribution in [0.15, 0.2) is 63.5 Å². The largest absolute Gasteiger partial charge is 0.490 e. The molecule has 7 nitrogen and oxygen atoms in total. The van der Waals surface area contributed by atoms with E-state index in [0.29, 0.717) is 55.9 Å². The van der Waals surface area contributed by atoms with Crippen LogP contribution in [0, 0.1) is 0 Å². The lowest BCUT2D eigenvalue weighted by Gasteiger charge is -2.25. The van der Waals surface area contributed by atoms with Gasteiger partial charge < -0.3 is 14.2 Å². The Morgan fingerprint density at radius 1 is 1.08 bits per heavy atom. The summed E-state index contributed by atoms with van der Waals surface area (Å²) < 4.78 is 18.9. The summed E-state index contributed by atoms with van der Waals surface area (Å²) in [6.07, 6.45) is 1.78. The molecule has 36 heavy (non-hydrogen) atoms. The molecule has 1 unspecified atom stereocenters. The monoisotopic (exact) mass is 526 g/mol. The fraction of sp³-hybridized carbons (Fsp3) is 0.296. The fourth-order valence-corrected chi connectivity index (χ4v) is 5.34. The first-order valence-electron chi connectivity index (χ1n) is 11.7. The number of halogens is 1. The van der Waals surface area contributed by atoms with E-state index in [9.17, 15) is 9.59 Å². The van der Waals surface area contributed by atoms with Crippen LogP contribution >= 0.6 is 22.9 Å². The second-order valence-electron chi connectivity index (χ2n) is 7.93. The highest BCUT2D eigenvalue weighted by Gasteiger charge is 2.34. The Hall–Kier alpha value is -3.36. The molecule has 0 fully saturated rings. The van der Waals surface area contributed by atoms with Gasteiger partial charge in [-0.2, -0.15) is 0 Å². The van der Waals surface area contributed by atoms with Gasteiger partial charge in [0.2, 0.25) is 0 Å². The van der Waals surface area contributed by atoms with Crippen molar-refractivity contribution in [3.05, 3.63) is 89.6 Å². The van der Waals surface area contributed by atoms with Crippen molar-refractivity contribution in [1.29, 1.82) is 0 Å². The predicted octanol–water partition coefficient (Wildman–Crippen LogP) is 4.25. The standard InChI is InChI=1S/C27H27ClN2O5S/c1-5-33-20-12-11-18(15-21(20)34-6-2)24-23(26(32)35-7-3)16(4)29-27-30(24)25(31)22(36-27)14-17-9-8-10-19(28)13-17/h8-15,24H,5-7H2,1-4H3/b22-14-. The number of rotatable bonds is 8. The van der Waals surface area contributed by atoms with E-state index in [-0.39, 0.29) is 12.2 Å². The number of fused-ring (bicyclic) bond motifs is 1. The second-order valence-corrected chi connectivity index (χ2v) is 9.38. The summed E-state index contributed by atoms with van der Waals surface area (Å²) in [7, 11) is 0. The Bertz CT molecular complexity index is 1510. The van der Waals surface area contributed by atoms with Crippen LogP contribution in [0.5, 0.6) is 11.5 Å². The highest BCUT2D eigenvalue weighted by Crippen LogP contribution is 2.36. The number of ether oxygens (including phenoxy) is 3. The molecule has 2 heterocycles. The maximum Gasteiger partial charge on any atom is 0.338 e. The summed E-state index contributed by atoms with van der Waals surface area (Å²) >= 11 is 7.40. The summed E-state index contributed by atoms with van der Waals surface area (Å²) in [6.45, 7) is 8.40. The highest BCUT2D eigenvalue weighted by molar-refractivity contribution is 7.07. The van der Waals surface area contributed by atoms with Gasteiger partial charge in [-0.05, 0) is 69.2 Å². The lowest BCUT2D eigenvalue weighted by Crippen LogP contribution is -2.40. The normalized spacial score (nSPS) is 15.4. The Morgan fingerprint density at radius 3 is 2.53 bits per heavy atom. The van der Waals surface area contributed by atoms with Crippen molar-refractivity contribution in [2.75, 3.05) is 19.8 Å². The lowest BCUT2D eigenvalue weighted by atomic mass is 9.95. The molecule has 1 atom stereocenters. The van der Waals surface area contributed by atoms with E-state index in [4.69, 9.17) is 25.8 Å². The first-order valence-corrected chi connectivity index (χ1v) is 12.9. The van der Waals surface area contributed by atoms with Crippen LogP contribution in [0.2, 0.25) is 5.02 Å². The third-order valence-electron chi connectivity index (χ3n) is 5.55. The van der Waals surface area contributed by atoms with Gasteiger partial charge in [0.15, 0.2) is 16.3 Å². The van der Waals surface area contributed by atoms with Gasteiger partial charge in [0, 0.05) is 5.02 Å². The zero-order valence-electron chi connectivity index (χ0n) is 20.5. The van der Waals surface area contributed by atoms with E-state index in [2.05, 4.69) is 4.99 Å². The van der Waals surface area contributed by atoms with Crippen LogP contribution in [0.25, 0.3) is 6.08 Å². The van der Waals surface area contributed by atoms with Crippen LogP contribution in [0.4, 0.5) is 0 Å². The average molecular weight is 527 g/mol. The number of hydrogen-bond donors (Lipinski definition) is 0. The van der Waals surface area contributed by atoms with Gasteiger partial charge in [-0.25, -0.2) is 9.79 Å². The predicted molar refractivity (Wildman–Crippen MR) is 141 cm³/mol. The molecule has 1 aromatic heterocycles. The number of allylic oxidation sites excluding steroid dienone is 1. The van der Waals surface area contributed by atoms with Crippen molar-refractivity contribution in [3.63, 3.8) is 0 Å². The minimum Gasteiger partial charge on any atom is -0.490 e. The van der Waals surface area contributed by atoms with Crippen LogP contribution in [0.1, 0.15) is 44.9 Å². The molecule has 4 rings (SSSR count). The molecule has 2 aromatic carbocycles. The third-order valence-corrected chi connectivity index (χ3v) is 6.76. The SMILES string of the molecule is CCOC(=O)C1=C(C)N=c2s/c(=C\c3cccc(Cl)c3)c(=O)n2C1c1ccc(OCC)c(OCC)c1. The Kier molecular flexibility index (Phi) is 7.96. The van der Waals surface area contributed by atoms with E-state index < -0.39 is 12.0 Å². The quantitative estimate of drug-likeness (QED) is 0.410. The summed E-state index contributed by atoms with van der Waals surface area (Å²) in [6, 6.07) is 12.0. The summed E-state index contributed by atoms with van der Waals surface area (Å²) in [5, 5.41) is 0.577. The number of carbonyl (C=O) groups excluding carboxylic acids is 1. The van der Waals surface area contributed by atoms with Crippen molar-refractivity contribution in [1.82, 2.24) is 4.57 Å². The minimum atomic E-state index is -0.739. The van der Waals surface area contributed by atoms with Gasteiger partial charge in [-0.15, -0.1) is 0 Å². The fourth-order valence-electron chi connectivity index (χ4n) is 4.09. The first-order chi connectivity index (χ1) is 17.4. The van der Waals surface area contributed by atoms with Gasteiger partial charge in [-0.3, -0.25) is 9.36 Å². The number of esters is 1. The summed E-state index contributed by atoms with van der Waals surface area (Å²) in [5.74, 6) is 0.616. The first kappa shape index (κ1) is 25.7. The van der Waals surface area contributed by atoms with Gasteiger partial charge in [-0.1, -0.05) is 41.1 Å². The van der Waals surface area contributed by atoms with E-state index in [1.54, 1.807) is 42.7 Å². The van der Waals surface area contributed by atoms with Crippen LogP contribution < -0.4 is 24.4 Å². The molecule has 1 aliphatic heterocycles. The van der Waals surface area contributed by atoms with Crippen molar-refractivity contribution in [2.24, 2.45) is 4.99 Å².